The van der Waals surface area contributed by atoms with Gasteiger partial charge in [0.1, 0.15) is 5.75 Å². The maximum atomic E-state index is 6.39. The zero-order chi connectivity index (χ0) is 16.0. The lowest BCUT2D eigenvalue weighted by Gasteiger charge is -2.52. The SMILES string of the molecule is CSc1cccc(N2C(=S)NC3CC2(C)Oc2ccccc23)c1. The Bertz CT molecular complexity index is 779. The molecule has 1 saturated heterocycles. The van der Waals surface area contributed by atoms with Crippen LogP contribution in [0.2, 0.25) is 0 Å². The first-order valence-corrected chi connectivity index (χ1v) is 9.27. The van der Waals surface area contributed by atoms with Crippen LogP contribution in [0.25, 0.3) is 0 Å². The average Bonchev–Trinajstić information content (AvgIpc) is 2.54. The van der Waals surface area contributed by atoms with Crippen molar-refractivity contribution in [2.75, 3.05) is 11.2 Å². The van der Waals surface area contributed by atoms with E-state index in [9.17, 15) is 0 Å². The molecule has 0 radical (unpaired) electrons. The van der Waals surface area contributed by atoms with Crippen molar-refractivity contribution in [2.24, 2.45) is 0 Å². The van der Waals surface area contributed by atoms with Crippen LogP contribution in [0, 0.1) is 0 Å². The molecule has 0 aliphatic carbocycles. The maximum absolute atomic E-state index is 6.39. The highest BCUT2D eigenvalue weighted by Gasteiger charge is 2.48. The van der Waals surface area contributed by atoms with Gasteiger partial charge in [-0.05, 0) is 49.7 Å². The highest BCUT2D eigenvalue weighted by molar-refractivity contribution is 7.98. The van der Waals surface area contributed by atoms with Crippen molar-refractivity contribution in [1.29, 1.82) is 0 Å². The molecule has 0 saturated carbocycles. The standard InChI is InChI=1S/C18H18N2OS2/c1-18-11-15(14-8-3-4-9-16(14)21-18)19-17(22)20(18)12-6-5-7-13(10-12)23-2/h3-10,15H,11H2,1-2H3,(H,19,22). The van der Waals surface area contributed by atoms with Crippen molar-refractivity contribution >= 4 is 34.8 Å². The first-order valence-electron chi connectivity index (χ1n) is 7.63. The Hall–Kier alpha value is -1.72. The van der Waals surface area contributed by atoms with Crippen LogP contribution in [0.3, 0.4) is 0 Å². The molecule has 0 aromatic heterocycles. The van der Waals surface area contributed by atoms with Gasteiger partial charge < -0.3 is 10.1 Å². The first-order chi connectivity index (χ1) is 11.1. The number of para-hydroxylation sites is 1. The lowest BCUT2D eigenvalue weighted by Crippen LogP contribution is -2.65. The fourth-order valence-corrected chi connectivity index (χ4v) is 4.36. The van der Waals surface area contributed by atoms with E-state index in [1.165, 1.54) is 10.5 Å². The summed E-state index contributed by atoms with van der Waals surface area (Å²) in [6, 6.07) is 16.8. The van der Waals surface area contributed by atoms with E-state index < -0.39 is 5.72 Å². The number of nitrogens with one attached hydrogen (secondary N) is 1. The smallest absolute Gasteiger partial charge is 0.188 e. The normalized spacial score (nSPS) is 25.4. The van der Waals surface area contributed by atoms with E-state index in [1.54, 1.807) is 11.8 Å². The summed E-state index contributed by atoms with van der Waals surface area (Å²) >= 11 is 7.40. The second kappa shape index (κ2) is 5.42. The third-order valence-electron chi connectivity index (χ3n) is 4.49. The van der Waals surface area contributed by atoms with Gasteiger partial charge in [0.25, 0.3) is 0 Å². The average molecular weight is 342 g/mol. The van der Waals surface area contributed by atoms with Crippen LogP contribution in [0.1, 0.15) is 24.9 Å². The van der Waals surface area contributed by atoms with E-state index in [-0.39, 0.29) is 6.04 Å². The van der Waals surface area contributed by atoms with Gasteiger partial charge >= 0.3 is 0 Å². The summed E-state index contributed by atoms with van der Waals surface area (Å²) in [6.07, 6.45) is 2.94. The second-order valence-corrected chi connectivity index (χ2v) is 7.32. The molecule has 3 nitrogen and oxygen atoms in total. The summed E-state index contributed by atoms with van der Waals surface area (Å²) in [4.78, 5) is 3.32. The molecule has 2 aliphatic heterocycles. The summed E-state index contributed by atoms with van der Waals surface area (Å²) < 4.78 is 6.39. The predicted octanol–water partition coefficient (Wildman–Crippen LogP) is 4.34. The van der Waals surface area contributed by atoms with E-state index >= 15 is 0 Å². The lowest BCUT2D eigenvalue weighted by molar-refractivity contribution is 0.0497. The molecule has 1 fully saturated rings. The summed E-state index contributed by atoms with van der Waals surface area (Å²) in [7, 11) is 0. The Morgan fingerprint density at radius 3 is 2.91 bits per heavy atom. The lowest BCUT2D eigenvalue weighted by atomic mass is 9.90. The van der Waals surface area contributed by atoms with Crippen molar-refractivity contribution in [3.05, 3.63) is 54.1 Å². The zero-order valence-electron chi connectivity index (χ0n) is 13.1. The number of nitrogens with zero attached hydrogens (tertiary/aromatic N) is 1. The van der Waals surface area contributed by atoms with Gasteiger partial charge in [0.05, 0.1) is 6.04 Å². The molecule has 2 bridgehead atoms. The van der Waals surface area contributed by atoms with Gasteiger partial charge in [-0.1, -0.05) is 24.3 Å². The molecule has 0 spiro atoms. The van der Waals surface area contributed by atoms with E-state index in [2.05, 4.69) is 53.7 Å². The van der Waals surface area contributed by atoms with Gasteiger partial charge in [0.2, 0.25) is 0 Å². The summed E-state index contributed by atoms with van der Waals surface area (Å²) in [6.45, 7) is 2.12. The van der Waals surface area contributed by atoms with Gasteiger partial charge in [-0.2, -0.15) is 0 Å². The molecule has 0 amide bonds. The van der Waals surface area contributed by atoms with Crippen LogP contribution in [0.5, 0.6) is 5.75 Å². The predicted molar refractivity (Wildman–Crippen MR) is 99.3 cm³/mol. The van der Waals surface area contributed by atoms with E-state index in [0.29, 0.717) is 0 Å². The van der Waals surface area contributed by atoms with Gasteiger partial charge in [-0.25, -0.2) is 0 Å². The minimum Gasteiger partial charge on any atom is -0.467 e. The fraction of sp³-hybridized carbons (Fsp3) is 0.278. The molecule has 23 heavy (non-hydrogen) atoms. The molecule has 1 N–H and O–H groups in total. The number of hydrogen-bond donors (Lipinski definition) is 1. The third-order valence-corrected chi connectivity index (χ3v) is 5.52. The maximum Gasteiger partial charge on any atom is 0.188 e. The number of thioether (sulfide) groups is 1. The Morgan fingerprint density at radius 1 is 1.26 bits per heavy atom. The number of anilines is 1. The topological polar surface area (TPSA) is 24.5 Å². The van der Waals surface area contributed by atoms with Crippen LogP contribution >= 0.6 is 24.0 Å². The Kier molecular flexibility index (Phi) is 3.50. The van der Waals surface area contributed by atoms with Crippen molar-refractivity contribution < 1.29 is 4.74 Å². The Balaban J connectivity index is 1.79. The summed E-state index contributed by atoms with van der Waals surface area (Å²) in [5, 5.41) is 4.20. The summed E-state index contributed by atoms with van der Waals surface area (Å²) in [5.74, 6) is 0.937. The number of thiocarbonyl (C=S) groups is 1. The molecular formula is C18H18N2OS2. The minimum absolute atomic E-state index is 0.206. The van der Waals surface area contributed by atoms with E-state index in [1.807, 2.05) is 18.2 Å². The highest BCUT2D eigenvalue weighted by Crippen LogP contribution is 2.45. The quantitative estimate of drug-likeness (QED) is 0.646. The van der Waals surface area contributed by atoms with Crippen LogP contribution in [0.15, 0.2) is 53.4 Å². The highest BCUT2D eigenvalue weighted by atomic mass is 32.2. The van der Waals surface area contributed by atoms with Crippen molar-refractivity contribution in [3.63, 3.8) is 0 Å². The zero-order valence-corrected chi connectivity index (χ0v) is 14.7. The Morgan fingerprint density at radius 2 is 2.09 bits per heavy atom. The van der Waals surface area contributed by atoms with Gasteiger partial charge in [0, 0.05) is 22.6 Å². The minimum atomic E-state index is -0.474. The van der Waals surface area contributed by atoms with E-state index in [0.717, 1.165) is 23.0 Å². The number of fused-ring (bicyclic) bond motifs is 4. The van der Waals surface area contributed by atoms with Crippen LogP contribution in [-0.4, -0.2) is 17.1 Å². The van der Waals surface area contributed by atoms with Gasteiger partial charge in [-0.3, -0.25) is 4.90 Å². The van der Waals surface area contributed by atoms with Gasteiger partial charge in [-0.15, -0.1) is 11.8 Å². The van der Waals surface area contributed by atoms with E-state index in [4.69, 9.17) is 17.0 Å². The number of hydrogen-bond acceptors (Lipinski definition) is 3. The third kappa shape index (κ3) is 2.39. The van der Waals surface area contributed by atoms with Crippen molar-refractivity contribution in [3.8, 4) is 5.75 Å². The van der Waals surface area contributed by atoms with Gasteiger partial charge in [0.15, 0.2) is 10.8 Å². The number of ether oxygens (including phenoxy) is 1. The molecular weight excluding hydrogens is 324 g/mol. The molecule has 2 aliphatic rings. The molecule has 2 heterocycles. The molecule has 2 unspecified atom stereocenters. The second-order valence-electron chi connectivity index (χ2n) is 6.06. The Labute approximate surface area is 146 Å². The molecule has 4 rings (SSSR count). The monoisotopic (exact) mass is 342 g/mol. The first kappa shape index (κ1) is 14.8. The fourth-order valence-electron chi connectivity index (χ4n) is 3.46. The molecule has 2 atom stereocenters. The van der Waals surface area contributed by atoms with Crippen LogP contribution < -0.4 is 15.0 Å². The largest absolute Gasteiger partial charge is 0.467 e. The molecule has 118 valence electrons. The van der Waals surface area contributed by atoms with Crippen molar-refractivity contribution in [2.45, 2.75) is 30.0 Å². The van der Waals surface area contributed by atoms with Crippen molar-refractivity contribution in [1.82, 2.24) is 5.32 Å². The molecule has 5 heteroatoms. The van der Waals surface area contributed by atoms with Crippen LogP contribution in [-0.2, 0) is 0 Å². The van der Waals surface area contributed by atoms with Crippen LogP contribution in [0.4, 0.5) is 5.69 Å². The number of benzene rings is 2. The summed E-state index contributed by atoms with van der Waals surface area (Å²) in [5.41, 5.74) is 1.78. The molecule has 2 aromatic carbocycles. The number of rotatable bonds is 2. The molecule has 2 aromatic rings.